The van der Waals surface area contributed by atoms with Crippen LogP contribution in [0.3, 0.4) is 0 Å². The normalized spacial score (nSPS) is 12.5. The maximum atomic E-state index is 13.2. The fourth-order valence-electron chi connectivity index (χ4n) is 1.84. The highest BCUT2D eigenvalue weighted by molar-refractivity contribution is 5.36. The van der Waals surface area contributed by atoms with Gasteiger partial charge in [-0.2, -0.15) is 0 Å². The third-order valence-electron chi connectivity index (χ3n) is 2.81. The molecule has 16 heavy (non-hydrogen) atoms. The van der Waals surface area contributed by atoms with Gasteiger partial charge in [-0.25, -0.2) is 4.39 Å². The molecule has 1 rings (SSSR count). The first-order valence-corrected chi connectivity index (χ1v) is 5.72. The first kappa shape index (κ1) is 13.0. The van der Waals surface area contributed by atoms with Crippen molar-refractivity contribution in [2.24, 2.45) is 5.73 Å². The monoisotopic (exact) mass is 225 g/mol. The first-order valence-electron chi connectivity index (χ1n) is 5.72. The molecule has 0 radical (unpaired) electrons. The zero-order valence-corrected chi connectivity index (χ0v) is 10.0. The van der Waals surface area contributed by atoms with Gasteiger partial charge in [0.05, 0.1) is 7.11 Å². The number of methoxy groups -OCH3 is 1. The van der Waals surface area contributed by atoms with E-state index >= 15 is 0 Å². The third kappa shape index (κ3) is 3.49. The second kappa shape index (κ2) is 6.48. The molecule has 0 fully saturated rings. The summed E-state index contributed by atoms with van der Waals surface area (Å²) in [6.07, 6.45) is 3.09. The Bertz CT molecular complexity index is 328. The fraction of sp³-hybridized carbons (Fsp3) is 0.538. The molecule has 90 valence electrons. The van der Waals surface area contributed by atoms with Crippen LogP contribution >= 0.6 is 0 Å². The summed E-state index contributed by atoms with van der Waals surface area (Å²) in [6, 6.07) is 4.67. The number of benzene rings is 1. The Morgan fingerprint density at radius 1 is 1.38 bits per heavy atom. The molecule has 1 unspecified atom stereocenters. The molecule has 2 nitrogen and oxygen atoms in total. The van der Waals surface area contributed by atoms with E-state index in [1.807, 2.05) is 0 Å². The highest BCUT2D eigenvalue weighted by Gasteiger charge is 2.12. The molecule has 0 aliphatic rings. The Balaban J connectivity index is 2.72. The molecule has 1 aromatic carbocycles. The lowest BCUT2D eigenvalue weighted by molar-refractivity contribution is 0.403. The fourth-order valence-corrected chi connectivity index (χ4v) is 1.84. The van der Waals surface area contributed by atoms with Gasteiger partial charge in [0.2, 0.25) is 0 Å². The molecular weight excluding hydrogens is 205 g/mol. The number of halogens is 1. The van der Waals surface area contributed by atoms with E-state index in [1.54, 1.807) is 19.2 Å². The van der Waals surface area contributed by atoms with Crippen LogP contribution in [0.2, 0.25) is 0 Å². The Labute approximate surface area is 96.6 Å². The van der Waals surface area contributed by atoms with Crippen LogP contribution in [0, 0.1) is 5.82 Å². The number of ether oxygens (including phenoxy) is 1. The van der Waals surface area contributed by atoms with Crippen molar-refractivity contribution < 1.29 is 9.13 Å². The van der Waals surface area contributed by atoms with E-state index in [4.69, 9.17) is 10.5 Å². The number of rotatable bonds is 6. The molecule has 0 bridgehead atoms. The van der Waals surface area contributed by atoms with Crippen molar-refractivity contribution in [1.29, 1.82) is 0 Å². The quantitative estimate of drug-likeness (QED) is 0.755. The minimum absolute atomic E-state index is 0.207. The summed E-state index contributed by atoms with van der Waals surface area (Å²) >= 11 is 0. The lowest BCUT2D eigenvalue weighted by atomic mass is 9.94. The first-order chi connectivity index (χ1) is 7.69. The molecule has 0 aliphatic heterocycles. The number of unbranched alkanes of at least 4 members (excludes halogenated alkanes) is 1. The van der Waals surface area contributed by atoms with Gasteiger partial charge in [-0.3, -0.25) is 0 Å². The summed E-state index contributed by atoms with van der Waals surface area (Å²) in [7, 11) is 1.61. The predicted octanol–water partition coefficient (Wildman–Crippen LogP) is 3.07. The molecule has 0 aliphatic carbocycles. The Kier molecular flexibility index (Phi) is 5.26. The lowest BCUT2D eigenvalue weighted by Crippen LogP contribution is -2.02. The molecule has 0 saturated heterocycles. The molecule has 0 heterocycles. The van der Waals surface area contributed by atoms with Gasteiger partial charge in [-0.1, -0.05) is 13.3 Å². The van der Waals surface area contributed by atoms with Gasteiger partial charge in [0.25, 0.3) is 0 Å². The van der Waals surface area contributed by atoms with Crippen molar-refractivity contribution in [3.05, 3.63) is 29.6 Å². The van der Waals surface area contributed by atoms with Crippen LogP contribution in [-0.2, 0) is 0 Å². The largest absolute Gasteiger partial charge is 0.496 e. The highest BCUT2D eigenvalue weighted by Crippen LogP contribution is 2.30. The zero-order valence-electron chi connectivity index (χ0n) is 10.0. The van der Waals surface area contributed by atoms with Crippen molar-refractivity contribution in [3.63, 3.8) is 0 Å². The molecule has 2 N–H and O–H groups in total. The van der Waals surface area contributed by atoms with Gasteiger partial charge >= 0.3 is 0 Å². The van der Waals surface area contributed by atoms with E-state index < -0.39 is 0 Å². The smallest absolute Gasteiger partial charge is 0.123 e. The maximum absolute atomic E-state index is 13.2. The van der Waals surface area contributed by atoms with Crippen LogP contribution in [0.4, 0.5) is 4.39 Å². The van der Waals surface area contributed by atoms with Gasteiger partial charge < -0.3 is 10.5 Å². The summed E-state index contributed by atoms with van der Waals surface area (Å²) in [5, 5.41) is 0. The van der Waals surface area contributed by atoms with Crippen LogP contribution < -0.4 is 10.5 Å². The number of hydrogen-bond acceptors (Lipinski definition) is 2. The minimum atomic E-state index is -0.207. The highest BCUT2D eigenvalue weighted by atomic mass is 19.1. The van der Waals surface area contributed by atoms with Crippen LogP contribution in [-0.4, -0.2) is 13.7 Å². The van der Waals surface area contributed by atoms with E-state index in [0.29, 0.717) is 12.5 Å². The van der Waals surface area contributed by atoms with E-state index in [1.165, 1.54) is 6.07 Å². The van der Waals surface area contributed by atoms with Crippen LogP contribution in [0.25, 0.3) is 0 Å². The van der Waals surface area contributed by atoms with Gasteiger partial charge in [-0.05, 0) is 49.1 Å². The SMILES string of the molecule is COc1ccc(F)cc1C(C)CCCCN. The second-order valence-electron chi connectivity index (χ2n) is 4.07. The van der Waals surface area contributed by atoms with Crippen molar-refractivity contribution in [1.82, 2.24) is 0 Å². The minimum Gasteiger partial charge on any atom is -0.496 e. The van der Waals surface area contributed by atoms with E-state index in [9.17, 15) is 4.39 Å². The summed E-state index contributed by atoms with van der Waals surface area (Å²) < 4.78 is 18.4. The summed E-state index contributed by atoms with van der Waals surface area (Å²) in [5.41, 5.74) is 6.39. The third-order valence-corrected chi connectivity index (χ3v) is 2.81. The van der Waals surface area contributed by atoms with Crippen LogP contribution in [0.5, 0.6) is 5.75 Å². The Morgan fingerprint density at radius 2 is 2.12 bits per heavy atom. The van der Waals surface area contributed by atoms with Crippen molar-refractivity contribution in [3.8, 4) is 5.75 Å². The summed E-state index contributed by atoms with van der Waals surface area (Å²) in [6.45, 7) is 2.81. The zero-order chi connectivity index (χ0) is 12.0. The van der Waals surface area contributed by atoms with E-state index in [-0.39, 0.29) is 5.82 Å². The molecule has 1 aromatic rings. The molecule has 1 atom stereocenters. The second-order valence-corrected chi connectivity index (χ2v) is 4.07. The predicted molar refractivity (Wildman–Crippen MR) is 64.3 cm³/mol. The van der Waals surface area contributed by atoms with Gasteiger partial charge in [0.15, 0.2) is 0 Å². The average Bonchev–Trinajstić information content (AvgIpc) is 2.29. The maximum Gasteiger partial charge on any atom is 0.123 e. The van der Waals surface area contributed by atoms with Gasteiger partial charge in [-0.15, -0.1) is 0 Å². The Morgan fingerprint density at radius 3 is 2.75 bits per heavy atom. The van der Waals surface area contributed by atoms with E-state index in [2.05, 4.69) is 6.92 Å². The summed E-state index contributed by atoms with van der Waals surface area (Å²) in [4.78, 5) is 0. The molecule has 0 amide bonds. The van der Waals surface area contributed by atoms with Crippen molar-refractivity contribution in [2.45, 2.75) is 32.1 Å². The summed E-state index contributed by atoms with van der Waals surface area (Å²) in [5.74, 6) is 0.861. The van der Waals surface area contributed by atoms with Crippen molar-refractivity contribution in [2.75, 3.05) is 13.7 Å². The Hall–Kier alpha value is -1.09. The molecule has 0 saturated carbocycles. The molecule has 0 aromatic heterocycles. The van der Waals surface area contributed by atoms with Crippen molar-refractivity contribution >= 4 is 0 Å². The van der Waals surface area contributed by atoms with Crippen LogP contribution in [0.1, 0.15) is 37.7 Å². The molecular formula is C13H20FNO. The lowest BCUT2D eigenvalue weighted by Gasteiger charge is -2.15. The van der Waals surface area contributed by atoms with Gasteiger partial charge in [0, 0.05) is 0 Å². The molecule has 0 spiro atoms. The van der Waals surface area contributed by atoms with Crippen LogP contribution in [0.15, 0.2) is 18.2 Å². The number of hydrogen-bond donors (Lipinski definition) is 1. The number of nitrogens with two attached hydrogens (primary N) is 1. The van der Waals surface area contributed by atoms with E-state index in [0.717, 1.165) is 30.6 Å². The average molecular weight is 225 g/mol. The topological polar surface area (TPSA) is 35.2 Å². The standard InChI is InChI=1S/C13H20FNO/c1-10(5-3-4-8-15)12-9-11(14)6-7-13(12)16-2/h6-7,9-10H,3-5,8,15H2,1-2H3. The van der Waals surface area contributed by atoms with Gasteiger partial charge in [0.1, 0.15) is 11.6 Å². The molecule has 3 heteroatoms.